The third-order valence-corrected chi connectivity index (χ3v) is 4.40. The summed E-state index contributed by atoms with van der Waals surface area (Å²) >= 11 is 15.3. The maximum atomic E-state index is 11.7. The summed E-state index contributed by atoms with van der Waals surface area (Å²) in [7, 11) is 0. The van der Waals surface area contributed by atoms with E-state index in [9.17, 15) is 4.79 Å². The molecule has 0 atom stereocenters. The highest BCUT2D eigenvalue weighted by atomic mass is 79.9. The summed E-state index contributed by atoms with van der Waals surface area (Å²) in [6.45, 7) is 2.52. The van der Waals surface area contributed by atoms with Crippen molar-refractivity contribution in [1.29, 1.82) is 0 Å². The van der Waals surface area contributed by atoms with E-state index >= 15 is 0 Å². The molecule has 0 aromatic heterocycles. The zero-order chi connectivity index (χ0) is 17.7. The zero-order valence-corrected chi connectivity index (χ0v) is 15.8. The van der Waals surface area contributed by atoms with Crippen molar-refractivity contribution < 1.29 is 14.3 Å². The fourth-order valence-corrected chi connectivity index (χ4v) is 2.85. The molecule has 0 heterocycles. The van der Waals surface area contributed by atoms with Crippen molar-refractivity contribution in [2.45, 2.75) is 13.5 Å². The van der Waals surface area contributed by atoms with Crippen molar-refractivity contribution >= 4 is 45.0 Å². The van der Waals surface area contributed by atoms with Crippen molar-refractivity contribution in [3.05, 3.63) is 56.0 Å². The van der Waals surface area contributed by atoms with Crippen molar-refractivity contribution in [3.63, 3.8) is 0 Å². The largest absolute Gasteiger partial charge is 0.490 e. The average Bonchev–Trinajstić information content (AvgIpc) is 2.56. The topological polar surface area (TPSA) is 73.6 Å². The molecule has 2 aromatic carbocycles. The van der Waals surface area contributed by atoms with Gasteiger partial charge in [-0.05, 0) is 52.7 Å². The summed E-state index contributed by atoms with van der Waals surface area (Å²) in [5.41, 5.74) is 3.29. The normalized spacial score (nSPS) is 10.4. The van der Waals surface area contributed by atoms with E-state index in [1.165, 1.54) is 0 Å². The third kappa shape index (κ3) is 4.54. The zero-order valence-electron chi connectivity index (χ0n) is 12.7. The van der Waals surface area contributed by atoms with Gasteiger partial charge in [0.05, 0.1) is 21.1 Å². The van der Waals surface area contributed by atoms with Gasteiger partial charge in [0.25, 0.3) is 5.91 Å². The number of hydrogen-bond donors (Lipinski definition) is 2. The molecule has 8 heteroatoms. The van der Waals surface area contributed by atoms with Crippen LogP contribution in [0.3, 0.4) is 0 Å². The first-order valence-electron chi connectivity index (χ1n) is 7.00. The first-order valence-corrected chi connectivity index (χ1v) is 8.55. The van der Waals surface area contributed by atoms with E-state index in [4.69, 9.17) is 38.5 Å². The molecular formula is C16H15BrCl2N2O3. The molecule has 5 nitrogen and oxygen atoms in total. The second-order valence-electron chi connectivity index (χ2n) is 4.73. The Morgan fingerprint density at radius 1 is 1.21 bits per heavy atom. The van der Waals surface area contributed by atoms with Crippen LogP contribution >= 0.6 is 39.1 Å². The number of carbonyl (C=O) groups excluding carboxylic acids is 1. The molecule has 2 rings (SSSR count). The van der Waals surface area contributed by atoms with Crippen LogP contribution in [0.5, 0.6) is 11.5 Å². The highest BCUT2D eigenvalue weighted by Crippen LogP contribution is 2.37. The molecule has 0 aliphatic carbocycles. The molecule has 2 aromatic rings. The van der Waals surface area contributed by atoms with Crippen molar-refractivity contribution in [2.24, 2.45) is 5.84 Å². The number of halogens is 3. The molecule has 0 aliphatic rings. The lowest BCUT2D eigenvalue weighted by molar-refractivity contribution is 0.0953. The van der Waals surface area contributed by atoms with Gasteiger partial charge in [0.15, 0.2) is 11.5 Å². The minimum Gasteiger partial charge on any atom is -0.490 e. The number of nitrogens with two attached hydrogens (primary N) is 1. The summed E-state index contributed by atoms with van der Waals surface area (Å²) in [4.78, 5) is 11.7. The molecule has 24 heavy (non-hydrogen) atoms. The number of amides is 1. The van der Waals surface area contributed by atoms with E-state index < -0.39 is 5.91 Å². The highest BCUT2D eigenvalue weighted by molar-refractivity contribution is 9.10. The molecule has 128 valence electrons. The molecule has 0 radical (unpaired) electrons. The van der Waals surface area contributed by atoms with Crippen molar-refractivity contribution in [2.75, 3.05) is 6.61 Å². The fourth-order valence-electron chi connectivity index (χ4n) is 1.97. The SMILES string of the molecule is CCOc1cc(C(=O)NN)cc(Br)c1OCc1ccc(Cl)c(Cl)c1. The predicted molar refractivity (Wildman–Crippen MR) is 97.8 cm³/mol. The number of hydrazine groups is 1. The van der Waals surface area contributed by atoms with Gasteiger partial charge in [0.1, 0.15) is 6.61 Å². The van der Waals surface area contributed by atoms with Crippen LogP contribution in [0.1, 0.15) is 22.8 Å². The summed E-state index contributed by atoms with van der Waals surface area (Å²) < 4.78 is 12.0. The number of nitrogen functional groups attached to an aromatic ring is 1. The predicted octanol–water partition coefficient (Wildman–Crippen LogP) is 4.34. The smallest absolute Gasteiger partial charge is 0.265 e. The van der Waals surface area contributed by atoms with Crippen molar-refractivity contribution in [1.82, 2.24) is 5.43 Å². The number of hydrogen-bond acceptors (Lipinski definition) is 4. The molecule has 3 N–H and O–H groups in total. The van der Waals surface area contributed by atoms with Crippen LogP contribution in [-0.2, 0) is 6.61 Å². The van der Waals surface area contributed by atoms with Crippen LogP contribution < -0.4 is 20.7 Å². The van der Waals surface area contributed by atoms with Gasteiger partial charge in [-0.15, -0.1) is 0 Å². The fraction of sp³-hybridized carbons (Fsp3) is 0.188. The molecule has 0 spiro atoms. The Balaban J connectivity index is 2.27. The monoisotopic (exact) mass is 432 g/mol. The molecule has 0 fully saturated rings. The lowest BCUT2D eigenvalue weighted by Crippen LogP contribution is -2.30. The van der Waals surface area contributed by atoms with Crippen LogP contribution in [0.25, 0.3) is 0 Å². The van der Waals surface area contributed by atoms with Crippen LogP contribution in [0, 0.1) is 0 Å². The number of benzene rings is 2. The van der Waals surface area contributed by atoms with E-state index in [0.29, 0.717) is 38.2 Å². The Bertz CT molecular complexity index is 756. The average molecular weight is 434 g/mol. The van der Waals surface area contributed by atoms with Crippen LogP contribution in [0.15, 0.2) is 34.8 Å². The highest BCUT2D eigenvalue weighted by Gasteiger charge is 2.16. The minimum absolute atomic E-state index is 0.262. The molecule has 0 bridgehead atoms. The molecule has 1 amide bonds. The minimum atomic E-state index is -0.423. The second-order valence-corrected chi connectivity index (χ2v) is 6.40. The Kier molecular flexibility index (Phi) is 6.74. The second kappa shape index (κ2) is 8.58. The maximum Gasteiger partial charge on any atom is 0.265 e. The van der Waals surface area contributed by atoms with E-state index in [-0.39, 0.29) is 6.61 Å². The van der Waals surface area contributed by atoms with E-state index in [1.54, 1.807) is 24.3 Å². The third-order valence-electron chi connectivity index (χ3n) is 3.07. The Labute approximate surface area is 158 Å². The van der Waals surface area contributed by atoms with Gasteiger partial charge in [-0.3, -0.25) is 10.2 Å². The summed E-state index contributed by atoms with van der Waals surface area (Å²) in [5.74, 6) is 5.66. The van der Waals surface area contributed by atoms with Crippen LogP contribution in [-0.4, -0.2) is 12.5 Å². The molecular weight excluding hydrogens is 419 g/mol. The Morgan fingerprint density at radius 2 is 1.96 bits per heavy atom. The lowest BCUT2D eigenvalue weighted by atomic mass is 10.2. The van der Waals surface area contributed by atoms with E-state index in [2.05, 4.69) is 21.4 Å². The Hall–Kier alpha value is -1.47. The maximum absolute atomic E-state index is 11.7. The molecule has 0 saturated heterocycles. The van der Waals surface area contributed by atoms with Crippen LogP contribution in [0.2, 0.25) is 10.0 Å². The molecule has 0 unspecified atom stereocenters. The molecule has 0 aliphatic heterocycles. The first kappa shape index (κ1) is 18.9. The van der Waals surface area contributed by atoms with Gasteiger partial charge < -0.3 is 9.47 Å². The Morgan fingerprint density at radius 3 is 2.58 bits per heavy atom. The first-order chi connectivity index (χ1) is 11.5. The number of nitrogens with one attached hydrogen (secondary N) is 1. The van der Waals surface area contributed by atoms with Gasteiger partial charge in [0.2, 0.25) is 0 Å². The van der Waals surface area contributed by atoms with Crippen LogP contribution in [0.4, 0.5) is 0 Å². The van der Waals surface area contributed by atoms with E-state index in [0.717, 1.165) is 5.56 Å². The number of rotatable bonds is 6. The quantitative estimate of drug-likeness (QED) is 0.403. The van der Waals surface area contributed by atoms with Gasteiger partial charge >= 0.3 is 0 Å². The van der Waals surface area contributed by atoms with E-state index in [1.807, 2.05) is 13.0 Å². The van der Waals surface area contributed by atoms with Gasteiger partial charge in [-0.2, -0.15) is 0 Å². The summed E-state index contributed by atoms with van der Waals surface area (Å²) in [5, 5.41) is 0.936. The molecule has 0 saturated carbocycles. The number of ether oxygens (including phenoxy) is 2. The number of carbonyl (C=O) groups is 1. The van der Waals surface area contributed by atoms with Gasteiger partial charge in [0, 0.05) is 5.56 Å². The van der Waals surface area contributed by atoms with Crippen molar-refractivity contribution in [3.8, 4) is 11.5 Å². The summed E-state index contributed by atoms with van der Waals surface area (Å²) in [6.07, 6.45) is 0. The van der Waals surface area contributed by atoms with Gasteiger partial charge in [-0.1, -0.05) is 29.3 Å². The summed E-state index contributed by atoms with van der Waals surface area (Å²) in [6, 6.07) is 8.43. The lowest BCUT2D eigenvalue weighted by Gasteiger charge is -2.15. The standard InChI is InChI=1S/C16H15BrCl2N2O3/c1-2-23-14-7-10(16(22)21-20)6-11(17)15(14)24-8-9-3-4-12(18)13(19)5-9/h3-7H,2,8,20H2,1H3,(H,21,22). The van der Waals surface area contributed by atoms with Gasteiger partial charge in [-0.25, -0.2) is 5.84 Å².